The van der Waals surface area contributed by atoms with E-state index in [-0.39, 0.29) is 11.9 Å². The van der Waals surface area contributed by atoms with Crippen LogP contribution in [0.4, 0.5) is 4.39 Å². The first-order chi connectivity index (χ1) is 10.1. The van der Waals surface area contributed by atoms with Gasteiger partial charge in [-0.1, -0.05) is 12.1 Å². The molecule has 3 N–H and O–H groups in total. The SMILES string of the molecule is COCCn1ncc(Br)c1C(NN)c1ccc(F)c(C)c1. The maximum atomic E-state index is 13.4. The maximum absolute atomic E-state index is 13.4. The van der Waals surface area contributed by atoms with Gasteiger partial charge < -0.3 is 4.74 Å². The molecule has 21 heavy (non-hydrogen) atoms. The van der Waals surface area contributed by atoms with E-state index in [0.717, 1.165) is 15.7 Å². The van der Waals surface area contributed by atoms with Crippen molar-refractivity contribution in [3.63, 3.8) is 0 Å². The molecule has 7 heteroatoms. The Morgan fingerprint density at radius 3 is 2.90 bits per heavy atom. The van der Waals surface area contributed by atoms with Gasteiger partial charge in [-0.15, -0.1) is 0 Å². The first-order valence-electron chi connectivity index (χ1n) is 6.50. The lowest BCUT2D eigenvalue weighted by Crippen LogP contribution is -2.31. The number of hydrogen-bond acceptors (Lipinski definition) is 4. The molecule has 2 rings (SSSR count). The zero-order valence-corrected chi connectivity index (χ0v) is 13.5. The summed E-state index contributed by atoms with van der Waals surface area (Å²) >= 11 is 3.49. The van der Waals surface area contributed by atoms with Gasteiger partial charge in [-0.3, -0.25) is 10.5 Å². The average Bonchev–Trinajstić information content (AvgIpc) is 2.83. The van der Waals surface area contributed by atoms with Gasteiger partial charge in [0, 0.05) is 7.11 Å². The van der Waals surface area contributed by atoms with E-state index in [1.165, 1.54) is 6.07 Å². The number of halogens is 2. The van der Waals surface area contributed by atoms with Gasteiger partial charge >= 0.3 is 0 Å². The van der Waals surface area contributed by atoms with Gasteiger partial charge in [-0.25, -0.2) is 9.82 Å². The Morgan fingerprint density at radius 1 is 1.52 bits per heavy atom. The van der Waals surface area contributed by atoms with E-state index in [4.69, 9.17) is 10.6 Å². The van der Waals surface area contributed by atoms with Crippen molar-refractivity contribution in [1.29, 1.82) is 0 Å². The highest BCUT2D eigenvalue weighted by molar-refractivity contribution is 9.10. The molecule has 0 radical (unpaired) electrons. The zero-order chi connectivity index (χ0) is 15.4. The second-order valence-corrected chi connectivity index (χ2v) is 5.56. The Kier molecular flexibility index (Phi) is 5.46. The zero-order valence-electron chi connectivity index (χ0n) is 11.9. The number of methoxy groups -OCH3 is 1. The van der Waals surface area contributed by atoms with Crippen molar-refractivity contribution in [2.24, 2.45) is 5.84 Å². The predicted octanol–water partition coefficient (Wildman–Crippen LogP) is 2.29. The molecule has 0 spiro atoms. The summed E-state index contributed by atoms with van der Waals surface area (Å²) in [5.41, 5.74) is 5.09. The third-order valence-corrected chi connectivity index (χ3v) is 3.91. The number of nitrogens with one attached hydrogen (secondary N) is 1. The molecule has 0 aliphatic rings. The monoisotopic (exact) mass is 356 g/mol. The second-order valence-electron chi connectivity index (χ2n) is 4.70. The van der Waals surface area contributed by atoms with Crippen LogP contribution in [0.3, 0.4) is 0 Å². The van der Waals surface area contributed by atoms with Crippen LogP contribution in [0.2, 0.25) is 0 Å². The number of hydrazine groups is 1. The lowest BCUT2D eigenvalue weighted by atomic mass is 10.0. The van der Waals surface area contributed by atoms with Crippen LogP contribution in [0.15, 0.2) is 28.9 Å². The number of nitrogens with zero attached hydrogens (tertiary/aromatic N) is 2. The Balaban J connectivity index is 2.40. The largest absolute Gasteiger partial charge is 0.383 e. The van der Waals surface area contributed by atoms with Crippen molar-refractivity contribution in [1.82, 2.24) is 15.2 Å². The van der Waals surface area contributed by atoms with Crippen molar-refractivity contribution in [2.75, 3.05) is 13.7 Å². The van der Waals surface area contributed by atoms with Gasteiger partial charge in [0.25, 0.3) is 0 Å². The van der Waals surface area contributed by atoms with Gasteiger partial charge in [0.2, 0.25) is 0 Å². The molecule has 0 aliphatic heterocycles. The molecule has 5 nitrogen and oxygen atoms in total. The van der Waals surface area contributed by atoms with Gasteiger partial charge in [0.05, 0.1) is 35.6 Å². The third-order valence-electron chi connectivity index (χ3n) is 3.30. The molecular formula is C14H18BrFN4O. The summed E-state index contributed by atoms with van der Waals surface area (Å²) in [6, 6.07) is 4.64. The lowest BCUT2D eigenvalue weighted by Gasteiger charge is -2.19. The number of rotatable bonds is 6. The van der Waals surface area contributed by atoms with E-state index < -0.39 is 0 Å². The lowest BCUT2D eigenvalue weighted by molar-refractivity contribution is 0.182. The van der Waals surface area contributed by atoms with Gasteiger partial charge in [-0.05, 0) is 40.0 Å². The van der Waals surface area contributed by atoms with Gasteiger partial charge in [0.1, 0.15) is 5.82 Å². The molecule has 0 bridgehead atoms. The molecule has 0 fully saturated rings. The van der Waals surface area contributed by atoms with E-state index in [2.05, 4.69) is 26.5 Å². The fourth-order valence-electron chi connectivity index (χ4n) is 2.20. The molecule has 1 atom stereocenters. The summed E-state index contributed by atoms with van der Waals surface area (Å²) < 4.78 is 21.2. The van der Waals surface area contributed by atoms with E-state index >= 15 is 0 Å². The maximum Gasteiger partial charge on any atom is 0.126 e. The van der Waals surface area contributed by atoms with Gasteiger partial charge in [-0.2, -0.15) is 5.10 Å². The van der Waals surface area contributed by atoms with Crippen LogP contribution in [0.1, 0.15) is 22.9 Å². The number of aryl methyl sites for hydroxylation is 1. The minimum Gasteiger partial charge on any atom is -0.383 e. The Morgan fingerprint density at radius 2 is 2.29 bits per heavy atom. The standard InChI is InChI=1S/C14H18BrFN4O/c1-9-7-10(3-4-12(9)16)13(19-17)14-11(15)8-18-20(14)5-6-21-2/h3-4,7-8,13,19H,5-6,17H2,1-2H3. The Hall–Kier alpha value is -1.28. The van der Waals surface area contributed by atoms with Crippen molar-refractivity contribution < 1.29 is 9.13 Å². The third kappa shape index (κ3) is 3.49. The molecule has 2 aromatic rings. The molecule has 0 aliphatic carbocycles. The number of benzene rings is 1. The number of hydrogen-bond donors (Lipinski definition) is 2. The quantitative estimate of drug-likeness (QED) is 0.615. The molecule has 1 aromatic carbocycles. The number of nitrogens with two attached hydrogens (primary N) is 1. The summed E-state index contributed by atoms with van der Waals surface area (Å²) in [7, 11) is 1.64. The fourth-order valence-corrected chi connectivity index (χ4v) is 2.72. The molecule has 1 unspecified atom stereocenters. The van der Waals surface area contributed by atoms with Crippen LogP contribution >= 0.6 is 15.9 Å². The summed E-state index contributed by atoms with van der Waals surface area (Å²) in [5, 5.41) is 4.31. The Bertz CT molecular complexity index is 617. The molecular weight excluding hydrogens is 339 g/mol. The molecule has 1 heterocycles. The second kappa shape index (κ2) is 7.13. The molecule has 1 aromatic heterocycles. The van der Waals surface area contributed by atoms with Gasteiger partial charge in [0.15, 0.2) is 0 Å². The highest BCUT2D eigenvalue weighted by atomic mass is 79.9. The number of aromatic nitrogens is 2. The van der Waals surface area contributed by atoms with Crippen LogP contribution in [0.5, 0.6) is 0 Å². The van der Waals surface area contributed by atoms with E-state index in [1.54, 1.807) is 32.4 Å². The van der Waals surface area contributed by atoms with Crippen LogP contribution < -0.4 is 11.3 Å². The summed E-state index contributed by atoms with van der Waals surface area (Å²) in [5.74, 6) is 5.48. The van der Waals surface area contributed by atoms with Crippen molar-refractivity contribution in [3.05, 3.63) is 51.5 Å². The predicted molar refractivity (Wildman–Crippen MR) is 82.1 cm³/mol. The first kappa shape index (κ1) is 16.1. The van der Waals surface area contributed by atoms with E-state index in [1.807, 2.05) is 4.68 Å². The van der Waals surface area contributed by atoms with Crippen LogP contribution in [-0.2, 0) is 11.3 Å². The molecule has 114 valence electrons. The normalized spacial score (nSPS) is 12.6. The highest BCUT2D eigenvalue weighted by Crippen LogP contribution is 2.29. The van der Waals surface area contributed by atoms with Crippen molar-refractivity contribution in [3.8, 4) is 0 Å². The summed E-state index contributed by atoms with van der Waals surface area (Å²) in [6.07, 6.45) is 1.71. The molecule has 0 saturated heterocycles. The van der Waals surface area contributed by atoms with E-state index in [9.17, 15) is 4.39 Å². The fraction of sp³-hybridized carbons (Fsp3) is 0.357. The number of ether oxygens (including phenoxy) is 1. The minimum absolute atomic E-state index is 0.235. The van der Waals surface area contributed by atoms with Crippen LogP contribution in [0.25, 0.3) is 0 Å². The smallest absolute Gasteiger partial charge is 0.126 e. The van der Waals surface area contributed by atoms with Crippen molar-refractivity contribution in [2.45, 2.75) is 19.5 Å². The molecule has 0 saturated carbocycles. The first-order valence-corrected chi connectivity index (χ1v) is 7.30. The van der Waals surface area contributed by atoms with Crippen LogP contribution in [-0.4, -0.2) is 23.5 Å². The van der Waals surface area contributed by atoms with E-state index in [0.29, 0.717) is 18.7 Å². The Labute approximate surface area is 131 Å². The summed E-state index contributed by atoms with van der Waals surface area (Å²) in [6.45, 7) is 2.88. The van der Waals surface area contributed by atoms with Crippen LogP contribution in [0, 0.1) is 12.7 Å². The summed E-state index contributed by atoms with van der Waals surface area (Å²) in [4.78, 5) is 0. The minimum atomic E-state index is -0.293. The average molecular weight is 357 g/mol. The topological polar surface area (TPSA) is 65.1 Å². The highest BCUT2D eigenvalue weighted by Gasteiger charge is 2.21. The van der Waals surface area contributed by atoms with Crippen molar-refractivity contribution >= 4 is 15.9 Å². The molecule has 0 amide bonds.